The van der Waals surface area contributed by atoms with E-state index in [2.05, 4.69) is 20.4 Å². The molecule has 3 aromatic heterocycles. The number of thiocarbonyl (C=S) groups is 1. The van der Waals surface area contributed by atoms with E-state index in [1.165, 1.54) is 6.07 Å². The molecule has 0 aliphatic carbocycles. The Balaban J connectivity index is 0.779. The van der Waals surface area contributed by atoms with E-state index in [-0.39, 0.29) is 34.6 Å². The molecule has 15 nitrogen and oxygen atoms in total. The maximum Gasteiger partial charge on any atom is 0.417 e. The lowest BCUT2D eigenvalue weighted by atomic mass is 10.0. The lowest BCUT2D eigenvalue weighted by Gasteiger charge is -2.30. The number of thiazole rings is 1. The second-order valence-corrected chi connectivity index (χ2v) is 20.2. The predicted octanol–water partition coefficient (Wildman–Crippen LogP) is 11.0. The van der Waals surface area contributed by atoms with E-state index in [1.807, 2.05) is 58.0 Å². The Hall–Kier alpha value is -7.37. The summed E-state index contributed by atoms with van der Waals surface area (Å²) in [7, 11) is 0. The molecule has 2 fully saturated rings. The molecule has 0 spiro atoms. The van der Waals surface area contributed by atoms with Crippen LogP contribution in [0.1, 0.15) is 101 Å². The van der Waals surface area contributed by atoms with E-state index in [0.717, 1.165) is 58.1 Å². The number of nitrogens with one attached hydrogen (secondary N) is 1. The number of benzene rings is 3. The van der Waals surface area contributed by atoms with E-state index >= 15 is 0 Å². The molecule has 6 aromatic rings. The first-order valence-electron chi connectivity index (χ1n) is 24.3. The number of carbonyl (C=O) groups is 3. The fraction of sp³-hybridized carbons (Fsp3) is 0.370. The molecule has 2 saturated heterocycles. The number of hydrogen-bond donors (Lipinski definition) is 1. The number of anilines is 2. The van der Waals surface area contributed by atoms with Crippen LogP contribution in [0, 0.1) is 24.2 Å². The van der Waals surface area contributed by atoms with Gasteiger partial charge in [-0.2, -0.15) is 23.5 Å². The van der Waals surface area contributed by atoms with Crippen molar-refractivity contribution in [2.24, 2.45) is 5.92 Å². The van der Waals surface area contributed by atoms with Crippen molar-refractivity contribution in [2.45, 2.75) is 103 Å². The van der Waals surface area contributed by atoms with Gasteiger partial charge in [-0.1, -0.05) is 26.0 Å². The van der Waals surface area contributed by atoms with E-state index in [4.69, 9.17) is 26.4 Å². The summed E-state index contributed by atoms with van der Waals surface area (Å²) in [6.07, 6.45) is 3.87. The number of aromatic nitrogens is 4. The van der Waals surface area contributed by atoms with Gasteiger partial charge in [-0.3, -0.25) is 28.9 Å². The highest BCUT2D eigenvalue weighted by atomic mass is 32.1. The van der Waals surface area contributed by atoms with Gasteiger partial charge in [-0.05, 0) is 139 Å². The molecule has 386 valence electrons. The van der Waals surface area contributed by atoms with Gasteiger partial charge in [-0.25, -0.2) is 4.98 Å². The molecule has 0 radical (unpaired) electrons. The molecule has 2 aliphatic heterocycles. The zero-order valence-electron chi connectivity index (χ0n) is 41.8. The maximum absolute atomic E-state index is 14.2. The summed E-state index contributed by atoms with van der Waals surface area (Å²) < 4.78 is 61.0. The van der Waals surface area contributed by atoms with Gasteiger partial charge in [0.2, 0.25) is 11.8 Å². The summed E-state index contributed by atoms with van der Waals surface area (Å²) in [5.41, 5.74) is 2.01. The van der Waals surface area contributed by atoms with Gasteiger partial charge in [0, 0.05) is 30.1 Å². The number of ether oxygens (including phenoxy) is 3. The van der Waals surface area contributed by atoms with Gasteiger partial charge in [0.05, 0.1) is 76.3 Å². The number of alkyl halides is 3. The zero-order valence-corrected chi connectivity index (χ0v) is 43.4. The van der Waals surface area contributed by atoms with Crippen LogP contribution >= 0.6 is 23.6 Å². The van der Waals surface area contributed by atoms with E-state index in [1.54, 1.807) is 100 Å². The number of unbranched alkanes of at least 4 members (excludes halogenated alkanes) is 2. The minimum atomic E-state index is -4.80. The molecular weight excluding hydrogens is 992 g/mol. The molecule has 8 rings (SSSR count). The van der Waals surface area contributed by atoms with Crippen LogP contribution in [-0.4, -0.2) is 78.8 Å². The Bertz CT molecular complexity index is 3040. The van der Waals surface area contributed by atoms with E-state index in [9.17, 15) is 32.8 Å². The monoisotopic (exact) mass is 1050 g/mol. The highest BCUT2D eigenvalue weighted by molar-refractivity contribution is 7.81. The van der Waals surface area contributed by atoms with Crippen molar-refractivity contribution < 1.29 is 41.8 Å². The number of hydrogen-bond acceptors (Lipinski definition) is 12. The first-order chi connectivity index (χ1) is 35.3. The van der Waals surface area contributed by atoms with Crippen LogP contribution in [0.15, 0.2) is 103 Å². The summed E-state index contributed by atoms with van der Waals surface area (Å²) in [4.78, 5) is 55.8. The Labute approximate surface area is 436 Å². The molecule has 1 N–H and O–H groups in total. The van der Waals surface area contributed by atoms with Crippen LogP contribution in [0.5, 0.6) is 23.0 Å². The number of halogens is 3. The molecule has 5 heterocycles. The van der Waals surface area contributed by atoms with Crippen LogP contribution in [0.3, 0.4) is 0 Å². The minimum Gasteiger partial charge on any atom is -0.494 e. The number of amides is 3. The molecule has 3 aromatic carbocycles. The largest absolute Gasteiger partial charge is 0.494 e. The molecule has 0 bridgehead atoms. The number of likely N-dealkylation sites (tertiary alicyclic amines) is 1. The summed E-state index contributed by atoms with van der Waals surface area (Å²) in [5, 5.41) is 16.9. The SMILES string of the molecule is Cc1ncsc1-c1ccc([C@H](C)NC(=O)[C@@H]2CCCN2C(=O)[C@@H](C(C)C)n2cc(Oc3cccc(OCCCCCOc4ccc(N5C(=S)N(c6ccc(C#N)c(C(F)(F)F)c6)C(=O)C5(C)C)cc4)c3)cn2)nc1. The van der Waals surface area contributed by atoms with Crippen LogP contribution in [0.2, 0.25) is 0 Å². The summed E-state index contributed by atoms with van der Waals surface area (Å²) in [6.45, 7) is 12.4. The van der Waals surface area contributed by atoms with Gasteiger partial charge < -0.3 is 29.3 Å². The Morgan fingerprint density at radius 3 is 2.30 bits per heavy atom. The van der Waals surface area contributed by atoms with Crippen LogP contribution in [-0.2, 0) is 20.6 Å². The fourth-order valence-corrected chi connectivity index (χ4v) is 10.5. The van der Waals surface area contributed by atoms with Gasteiger partial charge in [-0.15, -0.1) is 11.3 Å². The Morgan fingerprint density at radius 2 is 1.64 bits per heavy atom. The molecule has 0 saturated carbocycles. The molecule has 0 unspecified atom stereocenters. The molecule has 20 heteroatoms. The lowest BCUT2D eigenvalue weighted by molar-refractivity contribution is -0.142. The zero-order chi connectivity index (χ0) is 52.9. The van der Waals surface area contributed by atoms with Gasteiger partial charge >= 0.3 is 6.18 Å². The van der Waals surface area contributed by atoms with Gasteiger partial charge in [0.25, 0.3) is 5.91 Å². The van der Waals surface area contributed by atoms with Gasteiger partial charge in [0.1, 0.15) is 34.9 Å². The highest BCUT2D eigenvalue weighted by Crippen LogP contribution is 2.40. The quantitative estimate of drug-likeness (QED) is 0.0603. The average Bonchev–Trinajstić information content (AvgIpc) is 4.18. The van der Waals surface area contributed by atoms with Crippen molar-refractivity contribution in [2.75, 3.05) is 29.6 Å². The van der Waals surface area contributed by atoms with Crippen LogP contribution in [0.25, 0.3) is 10.4 Å². The van der Waals surface area contributed by atoms with Crippen molar-refractivity contribution in [1.82, 2.24) is 30.0 Å². The normalized spacial score (nSPS) is 16.3. The van der Waals surface area contributed by atoms with Crippen molar-refractivity contribution in [3.8, 4) is 39.5 Å². The summed E-state index contributed by atoms with van der Waals surface area (Å²) in [5.74, 6) is 1.15. The van der Waals surface area contributed by atoms with E-state index in [0.29, 0.717) is 61.3 Å². The predicted molar refractivity (Wildman–Crippen MR) is 278 cm³/mol. The number of carbonyl (C=O) groups excluding carboxylic acids is 3. The first kappa shape index (κ1) is 52.9. The first-order valence-corrected chi connectivity index (χ1v) is 25.6. The second-order valence-electron chi connectivity index (χ2n) is 19.0. The van der Waals surface area contributed by atoms with Crippen LogP contribution < -0.4 is 29.3 Å². The number of rotatable bonds is 19. The van der Waals surface area contributed by atoms with Gasteiger partial charge in [0.15, 0.2) is 10.9 Å². The molecule has 3 amide bonds. The number of nitrogens with zero attached hydrogens (tertiary/aromatic N) is 8. The van der Waals surface area contributed by atoms with Crippen molar-refractivity contribution in [3.63, 3.8) is 0 Å². The third-order valence-corrected chi connectivity index (χ3v) is 14.3. The Morgan fingerprint density at radius 1 is 0.919 bits per heavy atom. The van der Waals surface area contributed by atoms with Crippen LogP contribution in [0.4, 0.5) is 24.5 Å². The molecule has 2 aliphatic rings. The second kappa shape index (κ2) is 22.4. The lowest BCUT2D eigenvalue weighted by Crippen LogP contribution is -2.49. The number of nitriles is 1. The topological polar surface area (TPSA) is 168 Å². The third kappa shape index (κ3) is 11.5. The molecular formula is C54H56F3N9O6S2. The summed E-state index contributed by atoms with van der Waals surface area (Å²) >= 11 is 7.21. The molecule has 74 heavy (non-hydrogen) atoms. The average molecular weight is 1050 g/mol. The Kier molecular flexibility index (Phi) is 16.0. The number of pyridine rings is 1. The van der Waals surface area contributed by atoms with Crippen molar-refractivity contribution in [3.05, 3.63) is 125 Å². The van der Waals surface area contributed by atoms with Crippen molar-refractivity contribution >= 4 is 57.8 Å². The minimum absolute atomic E-state index is 0.00707. The smallest absolute Gasteiger partial charge is 0.417 e. The fourth-order valence-electron chi connectivity index (χ4n) is 9.14. The van der Waals surface area contributed by atoms with E-state index < -0.39 is 40.8 Å². The van der Waals surface area contributed by atoms with Crippen molar-refractivity contribution in [1.29, 1.82) is 5.26 Å². The third-order valence-electron chi connectivity index (χ3n) is 13.0. The highest BCUT2D eigenvalue weighted by Gasteiger charge is 2.51. The number of aryl methyl sites for hydroxylation is 1. The maximum atomic E-state index is 14.2. The summed E-state index contributed by atoms with van der Waals surface area (Å²) in [6, 6.07) is 21.1. The standard InChI is InChI=1S/C54H56F3N9O6S2/c1-33(2)47(50(68)63-23-11-14-46(63)49(67)62-34(3)45-22-16-37(29-59-45)48-35(4)60-32-74-48)64-31-43(30-61-64)72-42-13-10-12-41(27-42)71-25-9-7-8-24-70-40-20-18-38(19-21-40)66-52(73)65(51(69)53(66,5)6)39-17-15-36(28-58)44(26-39)54(55,56)57/h10,12-13,15-22,26-27,29-34,46-47H,7-9,11,14,23-25H2,1-6H3,(H,62,67)/t34-,46-,47+/m0/s1. The molecule has 3 atom stereocenters.